The molecule has 0 spiro atoms. The van der Waals surface area contributed by atoms with E-state index in [0.717, 1.165) is 15.6 Å². The van der Waals surface area contributed by atoms with Gasteiger partial charge in [0.15, 0.2) is 0 Å². The van der Waals surface area contributed by atoms with E-state index < -0.39 is 17.9 Å². The molecule has 0 heterocycles. The number of nitrogens with one attached hydrogen (secondary N) is 2. The average molecular weight is 357 g/mol. The first-order chi connectivity index (χ1) is 9.72. The van der Waals surface area contributed by atoms with Gasteiger partial charge in [0.25, 0.3) is 0 Å². The minimum atomic E-state index is -0.902. The van der Waals surface area contributed by atoms with Gasteiger partial charge < -0.3 is 15.7 Å². The van der Waals surface area contributed by atoms with Crippen molar-refractivity contribution in [3.8, 4) is 0 Å². The fraction of sp³-hybridized carbons (Fsp3) is 0.467. The smallest absolute Gasteiger partial charge is 0.319 e. The number of aliphatic carboxylic acids is 1. The molecule has 1 unspecified atom stereocenters. The summed E-state index contributed by atoms with van der Waals surface area (Å²) >= 11 is 3.47. The highest BCUT2D eigenvalue weighted by Gasteiger charge is 2.21. The van der Waals surface area contributed by atoms with Gasteiger partial charge in [0.05, 0.1) is 5.92 Å². The van der Waals surface area contributed by atoms with Crippen molar-refractivity contribution >= 4 is 33.6 Å². The molecule has 1 atom stereocenters. The fourth-order valence-corrected chi connectivity index (χ4v) is 2.23. The van der Waals surface area contributed by atoms with Crippen molar-refractivity contribution < 1.29 is 14.7 Å². The molecular formula is C15H21BrN2O3. The van der Waals surface area contributed by atoms with Crippen molar-refractivity contribution in [1.82, 2.24) is 5.32 Å². The minimum absolute atomic E-state index is 0.0417. The summed E-state index contributed by atoms with van der Waals surface area (Å²) in [5.74, 6) is -1.54. The summed E-state index contributed by atoms with van der Waals surface area (Å²) in [6, 6.07) is 3.31. The van der Waals surface area contributed by atoms with Gasteiger partial charge >= 0.3 is 12.0 Å². The van der Waals surface area contributed by atoms with Crippen LogP contribution < -0.4 is 10.6 Å². The lowest BCUT2D eigenvalue weighted by molar-refractivity contribution is -0.142. The first-order valence-electron chi connectivity index (χ1n) is 6.76. The second-order valence-corrected chi connectivity index (χ2v) is 6.24. The van der Waals surface area contributed by atoms with Crippen LogP contribution in [0.15, 0.2) is 16.6 Å². The normalized spacial score (nSPS) is 12.1. The molecule has 116 valence electrons. The van der Waals surface area contributed by atoms with Crippen LogP contribution in [0.1, 0.15) is 25.0 Å². The molecular weight excluding hydrogens is 336 g/mol. The third-order valence-electron chi connectivity index (χ3n) is 3.30. The standard InChI is InChI=1S/C15H21BrN2O3/c1-8(2)12(14(19)20)7-17-15(21)18-11-5-9(3)13(16)10(4)6-11/h5-6,8,12H,7H2,1-4H3,(H,19,20)(H2,17,18,21). The maximum Gasteiger partial charge on any atom is 0.319 e. The van der Waals surface area contributed by atoms with Gasteiger partial charge in [-0.15, -0.1) is 0 Å². The van der Waals surface area contributed by atoms with E-state index >= 15 is 0 Å². The van der Waals surface area contributed by atoms with E-state index in [-0.39, 0.29) is 12.5 Å². The Kier molecular flexibility index (Phi) is 6.20. The number of hydrogen-bond donors (Lipinski definition) is 3. The zero-order valence-corrected chi connectivity index (χ0v) is 14.2. The predicted molar refractivity (Wildman–Crippen MR) is 86.6 cm³/mol. The molecule has 0 saturated carbocycles. The van der Waals surface area contributed by atoms with Crippen molar-refractivity contribution in [2.45, 2.75) is 27.7 Å². The Labute approximate surface area is 133 Å². The first kappa shape index (κ1) is 17.5. The van der Waals surface area contributed by atoms with Crippen molar-refractivity contribution in [1.29, 1.82) is 0 Å². The second-order valence-electron chi connectivity index (χ2n) is 5.45. The Morgan fingerprint density at radius 2 is 1.76 bits per heavy atom. The van der Waals surface area contributed by atoms with Gasteiger partial charge in [-0.3, -0.25) is 4.79 Å². The topological polar surface area (TPSA) is 78.4 Å². The van der Waals surface area contributed by atoms with Crippen molar-refractivity contribution in [2.75, 3.05) is 11.9 Å². The Bertz CT molecular complexity index is 521. The Morgan fingerprint density at radius 3 is 2.19 bits per heavy atom. The molecule has 0 aliphatic carbocycles. The van der Waals surface area contributed by atoms with E-state index in [0.29, 0.717) is 5.69 Å². The number of amides is 2. The fourth-order valence-electron chi connectivity index (χ4n) is 2.00. The predicted octanol–water partition coefficient (Wildman–Crippen LogP) is 3.54. The number of carbonyl (C=O) groups excluding carboxylic acids is 1. The zero-order chi connectivity index (χ0) is 16.2. The van der Waals surface area contributed by atoms with Crippen LogP contribution in [-0.2, 0) is 4.79 Å². The lowest BCUT2D eigenvalue weighted by atomic mass is 9.96. The molecule has 0 aliphatic heterocycles. The third-order valence-corrected chi connectivity index (χ3v) is 4.55. The van der Waals surface area contributed by atoms with Crippen molar-refractivity contribution in [2.24, 2.45) is 11.8 Å². The molecule has 3 N–H and O–H groups in total. The minimum Gasteiger partial charge on any atom is -0.481 e. The molecule has 0 radical (unpaired) electrons. The summed E-state index contributed by atoms with van der Waals surface area (Å²) in [6.07, 6.45) is 0. The number of halogens is 1. The summed E-state index contributed by atoms with van der Waals surface area (Å²) in [5.41, 5.74) is 2.73. The van der Waals surface area contributed by atoms with E-state index in [1.807, 2.05) is 39.8 Å². The van der Waals surface area contributed by atoms with Gasteiger partial charge in [-0.25, -0.2) is 4.79 Å². The molecule has 1 rings (SSSR count). The molecule has 0 aromatic heterocycles. The van der Waals surface area contributed by atoms with Crippen LogP contribution >= 0.6 is 15.9 Å². The number of rotatable bonds is 5. The van der Waals surface area contributed by atoms with Gasteiger partial charge in [-0.2, -0.15) is 0 Å². The van der Waals surface area contributed by atoms with Gasteiger partial charge in [0.1, 0.15) is 0 Å². The van der Waals surface area contributed by atoms with Crippen LogP contribution in [0.2, 0.25) is 0 Å². The van der Waals surface area contributed by atoms with Crippen LogP contribution in [-0.4, -0.2) is 23.7 Å². The number of carbonyl (C=O) groups is 2. The number of aryl methyl sites for hydroxylation is 2. The lowest BCUT2D eigenvalue weighted by Gasteiger charge is -2.17. The van der Waals surface area contributed by atoms with E-state index in [2.05, 4.69) is 26.6 Å². The Hall–Kier alpha value is -1.56. The van der Waals surface area contributed by atoms with E-state index in [4.69, 9.17) is 5.11 Å². The molecule has 1 aromatic carbocycles. The molecule has 5 nitrogen and oxygen atoms in total. The molecule has 0 aliphatic rings. The van der Waals surface area contributed by atoms with Crippen LogP contribution in [0.5, 0.6) is 0 Å². The average Bonchev–Trinajstić information content (AvgIpc) is 2.35. The van der Waals surface area contributed by atoms with Gasteiger partial charge in [-0.05, 0) is 43.0 Å². The SMILES string of the molecule is Cc1cc(NC(=O)NCC(C(=O)O)C(C)C)cc(C)c1Br. The maximum absolute atomic E-state index is 11.8. The Balaban J connectivity index is 2.64. The van der Waals surface area contributed by atoms with E-state index in [1.165, 1.54) is 0 Å². The van der Waals surface area contributed by atoms with Crippen LogP contribution in [0.4, 0.5) is 10.5 Å². The molecule has 0 fully saturated rings. The van der Waals surface area contributed by atoms with E-state index in [1.54, 1.807) is 0 Å². The maximum atomic E-state index is 11.8. The molecule has 6 heteroatoms. The first-order valence-corrected chi connectivity index (χ1v) is 7.56. The van der Waals surface area contributed by atoms with Crippen LogP contribution in [0, 0.1) is 25.7 Å². The van der Waals surface area contributed by atoms with Crippen LogP contribution in [0.25, 0.3) is 0 Å². The quantitative estimate of drug-likeness (QED) is 0.754. The van der Waals surface area contributed by atoms with Crippen molar-refractivity contribution in [3.63, 3.8) is 0 Å². The number of hydrogen-bond acceptors (Lipinski definition) is 2. The number of urea groups is 1. The van der Waals surface area contributed by atoms with Crippen LogP contribution in [0.3, 0.4) is 0 Å². The third kappa shape index (κ3) is 5.04. The monoisotopic (exact) mass is 356 g/mol. The second kappa shape index (κ2) is 7.45. The van der Waals surface area contributed by atoms with Gasteiger partial charge in [0.2, 0.25) is 0 Å². The highest BCUT2D eigenvalue weighted by atomic mass is 79.9. The highest BCUT2D eigenvalue weighted by Crippen LogP contribution is 2.24. The zero-order valence-electron chi connectivity index (χ0n) is 12.7. The lowest BCUT2D eigenvalue weighted by Crippen LogP contribution is -2.37. The molecule has 1 aromatic rings. The summed E-state index contributed by atoms with van der Waals surface area (Å²) in [7, 11) is 0. The molecule has 21 heavy (non-hydrogen) atoms. The number of carboxylic acids is 1. The summed E-state index contributed by atoms with van der Waals surface area (Å²) in [4.78, 5) is 22.9. The van der Waals surface area contributed by atoms with E-state index in [9.17, 15) is 9.59 Å². The molecule has 0 saturated heterocycles. The number of benzene rings is 1. The molecule has 0 bridgehead atoms. The summed E-state index contributed by atoms with van der Waals surface area (Å²) < 4.78 is 1.01. The van der Waals surface area contributed by atoms with Crippen molar-refractivity contribution in [3.05, 3.63) is 27.7 Å². The number of carboxylic acid groups (broad SMARTS) is 1. The highest BCUT2D eigenvalue weighted by molar-refractivity contribution is 9.10. The Morgan fingerprint density at radius 1 is 1.24 bits per heavy atom. The van der Waals surface area contributed by atoms with Gasteiger partial charge in [0, 0.05) is 16.7 Å². The van der Waals surface area contributed by atoms with Gasteiger partial charge in [-0.1, -0.05) is 29.8 Å². The number of anilines is 1. The largest absolute Gasteiger partial charge is 0.481 e. The summed E-state index contributed by atoms with van der Waals surface area (Å²) in [5, 5.41) is 14.4. The molecule has 2 amide bonds. The summed E-state index contributed by atoms with van der Waals surface area (Å²) in [6.45, 7) is 7.63.